The van der Waals surface area contributed by atoms with Gasteiger partial charge in [-0.25, -0.2) is 9.97 Å². The monoisotopic (exact) mass is 578 g/mol. The fourth-order valence-electron chi connectivity index (χ4n) is 3.59. The minimum absolute atomic E-state index is 0.140. The Morgan fingerprint density at radius 2 is 1.68 bits per heavy atom. The number of nitrogens with one attached hydrogen (secondary N) is 1. The number of aromatic nitrogens is 3. The van der Waals surface area contributed by atoms with E-state index in [1.165, 1.54) is 6.33 Å². The summed E-state index contributed by atoms with van der Waals surface area (Å²) in [7, 11) is 1.59. The summed E-state index contributed by atoms with van der Waals surface area (Å²) in [5.41, 5.74) is 5.59. The Morgan fingerprint density at radius 1 is 0.976 bits per heavy atom. The fourth-order valence-corrected chi connectivity index (χ4v) is 3.71. The number of rotatable bonds is 9. The molecular weight excluding hydrogens is 536 g/mol. The third-order valence-corrected chi connectivity index (χ3v) is 5.92. The molecule has 0 bridgehead atoms. The summed E-state index contributed by atoms with van der Waals surface area (Å²) in [5.74, 6) is 2.26. The third-order valence-electron chi connectivity index (χ3n) is 5.50. The first kappa shape index (κ1) is 34.9. The quantitative estimate of drug-likeness (QED) is 0.253. The number of ether oxygens (including phenoxy) is 2. The van der Waals surface area contributed by atoms with E-state index in [1.807, 2.05) is 85.7 Å². The van der Waals surface area contributed by atoms with Crippen LogP contribution in [0.5, 0.6) is 11.5 Å². The molecule has 41 heavy (non-hydrogen) atoms. The third kappa shape index (κ3) is 10.1. The van der Waals surface area contributed by atoms with Crippen molar-refractivity contribution in [1.82, 2.24) is 15.1 Å². The van der Waals surface area contributed by atoms with Gasteiger partial charge in [0.05, 0.1) is 12.7 Å². The fraction of sp³-hybridized carbons (Fsp3) is 0.303. The molecule has 0 atom stereocenters. The lowest BCUT2D eigenvalue weighted by atomic mass is 10.0. The molecule has 3 rings (SSSR count). The van der Waals surface area contributed by atoms with Crippen LogP contribution in [0.1, 0.15) is 61.5 Å². The van der Waals surface area contributed by atoms with E-state index >= 15 is 0 Å². The summed E-state index contributed by atoms with van der Waals surface area (Å²) in [6.07, 6.45) is 6.77. The van der Waals surface area contributed by atoms with E-state index < -0.39 is 0 Å². The smallest absolute Gasteiger partial charge is 0.163 e. The highest BCUT2D eigenvalue weighted by Crippen LogP contribution is 2.31. The van der Waals surface area contributed by atoms with Crippen LogP contribution in [0, 0.1) is 27.7 Å². The Morgan fingerprint density at radius 3 is 2.29 bits per heavy atom. The number of allylic oxidation sites excluding steroid dienone is 4. The van der Waals surface area contributed by atoms with Gasteiger partial charge in [-0.2, -0.15) is 0 Å². The molecule has 2 aromatic heterocycles. The first-order chi connectivity index (χ1) is 19.8. The van der Waals surface area contributed by atoms with Gasteiger partial charge < -0.3 is 19.3 Å². The predicted molar refractivity (Wildman–Crippen MR) is 172 cm³/mol. The van der Waals surface area contributed by atoms with Crippen LogP contribution < -0.4 is 14.8 Å². The molecular formula is C33H43ClN4O3. The molecule has 8 heteroatoms. The maximum atomic E-state index is 6.21. The second-order valence-electron chi connectivity index (χ2n) is 8.27. The van der Waals surface area contributed by atoms with Crippen molar-refractivity contribution >= 4 is 28.7 Å². The van der Waals surface area contributed by atoms with Crippen LogP contribution >= 0.6 is 11.6 Å². The highest BCUT2D eigenvalue weighted by molar-refractivity contribution is 6.31. The van der Waals surface area contributed by atoms with Gasteiger partial charge in [0.1, 0.15) is 30.2 Å². The van der Waals surface area contributed by atoms with Gasteiger partial charge in [-0.05, 0) is 68.7 Å². The van der Waals surface area contributed by atoms with E-state index in [2.05, 4.69) is 33.6 Å². The van der Waals surface area contributed by atoms with E-state index in [1.54, 1.807) is 25.3 Å². The van der Waals surface area contributed by atoms with Crippen molar-refractivity contribution in [3.63, 3.8) is 0 Å². The lowest BCUT2D eigenvalue weighted by Gasteiger charge is -2.12. The summed E-state index contributed by atoms with van der Waals surface area (Å²) in [4.78, 5) is 8.95. The average Bonchev–Trinajstić information content (AvgIpc) is 3.35. The molecule has 2 heterocycles. The van der Waals surface area contributed by atoms with Crippen LogP contribution in [0.15, 0.2) is 72.6 Å². The number of hydrogen-bond acceptors (Lipinski definition) is 7. The van der Waals surface area contributed by atoms with Crippen LogP contribution in [0.2, 0.25) is 5.02 Å². The van der Waals surface area contributed by atoms with Crippen LogP contribution in [-0.2, 0) is 6.61 Å². The SMILES string of the molecule is C=C/C=C(\C=C)c1c(COc2cc(C)ncnc(Nc3ccc(Cl)c(C)c3)c(C)cc2OC)noc1C.CC.CC. The molecule has 0 fully saturated rings. The summed E-state index contributed by atoms with van der Waals surface area (Å²) in [6, 6.07) is 9.33. The standard InChI is InChI=1S/C29H31ClN4O3.2C2H6/c1-8-10-22(9-2)28-21(6)37-34-25(28)16-36-27-15-20(5)31-17-32-29(19(4)14-26(27)35-7)33-23-11-12-24(30)18(3)13-23;2*1-2/h8-15,17H,1-2,16H2,3-7H3,(H,31,32,33);2*1-2H3/b22-10+;;. The molecule has 1 N–H and O–H groups in total. The van der Waals surface area contributed by atoms with Gasteiger partial charge in [-0.3, -0.25) is 0 Å². The number of benzene rings is 1. The molecule has 0 aliphatic carbocycles. The number of hydrogen-bond donors (Lipinski definition) is 1. The Kier molecular flexibility index (Phi) is 15.6. The first-order valence-electron chi connectivity index (χ1n) is 13.6. The lowest BCUT2D eigenvalue weighted by Crippen LogP contribution is -2.01. The minimum atomic E-state index is 0.140. The molecule has 0 aliphatic heterocycles. The zero-order valence-electron chi connectivity index (χ0n) is 25.8. The van der Waals surface area contributed by atoms with Gasteiger partial charge in [0, 0.05) is 22.5 Å². The zero-order chi connectivity index (χ0) is 30.9. The summed E-state index contributed by atoms with van der Waals surface area (Å²) < 4.78 is 17.4. The Labute approximate surface area is 250 Å². The molecule has 1 aromatic carbocycles. The molecule has 3 aromatic rings. The minimum Gasteiger partial charge on any atom is -0.493 e. The molecule has 7 nitrogen and oxygen atoms in total. The maximum Gasteiger partial charge on any atom is 0.163 e. The van der Waals surface area contributed by atoms with Gasteiger partial charge >= 0.3 is 0 Å². The summed E-state index contributed by atoms with van der Waals surface area (Å²) in [6.45, 7) is 23.4. The molecule has 0 saturated heterocycles. The summed E-state index contributed by atoms with van der Waals surface area (Å²) >= 11 is 6.18. The summed E-state index contributed by atoms with van der Waals surface area (Å²) in [5, 5.41) is 8.23. The Balaban J connectivity index is 0.00000201. The van der Waals surface area contributed by atoms with Gasteiger partial charge in [0.15, 0.2) is 11.5 Å². The maximum absolute atomic E-state index is 6.21. The average molecular weight is 579 g/mol. The van der Waals surface area contributed by atoms with Gasteiger partial charge in [0.2, 0.25) is 0 Å². The van der Waals surface area contributed by atoms with Crippen molar-refractivity contribution in [2.45, 2.75) is 62.0 Å². The molecule has 0 saturated carbocycles. The number of methoxy groups -OCH3 is 1. The van der Waals surface area contributed by atoms with E-state index in [0.717, 1.165) is 28.0 Å². The molecule has 0 aliphatic rings. The van der Waals surface area contributed by atoms with E-state index in [-0.39, 0.29) is 6.61 Å². The molecule has 0 radical (unpaired) electrons. The Hall–Kier alpha value is -4.10. The van der Waals surface area contributed by atoms with Crippen LogP contribution in [0.4, 0.5) is 11.5 Å². The molecule has 0 unspecified atom stereocenters. The number of halogens is 1. The van der Waals surface area contributed by atoms with Gasteiger partial charge in [-0.15, -0.1) is 0 Å². The van der Waals surface area contributed by atoms with Crippen molar-refractivity contribution in [3.8, 4) is 11.5 Å². The van der Waals surface area contributed by atoms with Crippen molar-refractivity contribution in [2.24, 2.45) is 0 Å². The largest absolute Gasteiger partial charge is 0.493 e. The zero-order valence-corrected chi connectivity index (χ0v) is 26.5. The normalized spacial score (nSPS) is 10.1. The van der Waals surface area contributed by atoms with Gasteiger partial charge in [-0.1, -0.05) is 75.8 Å². The topological polar surface area (TPSA) is 82.3 Å². The van der Waals surface area contributed by atoms with Gasteiger partial charge in [0.25, 0.3) is 0 Å². The van der Waals surface area contributed by atoms with E-state index in [0.29, 0.717) is 39.5 Å². The molecule has 220 valence electrons. The van der Waals surface area contributed by atoms with Crippen molar-refractivity contribution in [3.05, 3.63) is 107 Å². The highest BCUT2D eigenvalue weighted by atomic mass is 35.5. The van der Waals surface area contributed by atoms with E-state index in [9.17, 15) is 0 Å². The van der Waals surface area contributed by atoms with Crippen molar-refractivity contribution in [2.75, 3.05) is 12.4 Å². The number of anilines is 2. The van der Waals surface area contributed by atoms with Crippen molar-refractivity contribution in [1.29, 1.82) is 0 Å². The van der Waals surface area contributed by atoms with Crippen LogP contribution in [0.3, 0.4) is 0 Å². The van der Waals surface area contributed by atoms with Crippen molar-refractivity contribution < 1.29 is 14.0 Å². The second kappa shape index (κ2) is 18.3. The molecule has 0 amide bonds. The van der Waals surface area contributed by atoms with Crippen LogP contribution in [-0.4, -0.2) is 22.2 Å². The van der Waals surface area contributed by atoms with E-state index in [4.69, 9.17) is 25.6 Å². The first-order valence-corrected chi connectivity index (χ1v) is 14.0. The van der Waals surface area contributed by atoms with Crippen LogP contribution in [0.25, 0.3) is 5.57 Å². The lowest BCUT2D eigenvalue weighted by molar-refractivity contribution is 0.271. The molecule has 0 spiro atoms. The predicted octanol–water partition coefficient (Wildman–Crippen LogP) is 9.62. The number of nitrogens with zero attached hydrogens (tertiary/aromatic N) is 3. The highest BCUT2D eigenvalue weighted by Gasteiger charge is 2.17. The second-order valence-corrected chi connectivity index (χ2v) is 8.68. The number of aryl methyl sites for hydroxylation is 4. The Bertz CT molecular complexity index is 1400.